The van der Waals surface area contributed by atoms with Crippen molar-refractivity contribution in [3.63, 3.8) is 0 Å². The van der Waals surface area contributed by atoms with Gasteiger partial charge >= 0.3 is 5.97 Å². The van der Waals surface area contributed by atoms with Gasteiger partial charge in [-0.2, -0.15) is 5.10 Å². The number of hydrogen-bond acceptors (Lipinski definition) is 7. The van der Waals surface area contributed by atoms with Gasteiger partial charge in [0.1, 0.15) is 5.82 Å². The molecule has 8 nitrogen and oxygen atoms in total. The van der Waals surface area contributed by atoms with E-state index >= 15 is 0 Å². The highest BCUT2D eigenvalue weighted by molar-refractivity contribution is 6.06. The molecule has 4 heterocycles. The summed E-state index contributed by atoms with van der Waals surface area (Å²) in [4.78, 5) is 19.7. The Morgan fingerprint density at radius 3 is 2.65 bits per heavy atom. The van der Waals surface area contributed by atoms with Crippen molar-refractivity contribution in [2.24, 2.45) is 17.3 Å². The molecule has 2 aliphatic heterocycles. The van der Waals surface area contributed by atoms with E-state index < -0.39 is 0 Å². The Labute approximate surface area is 282 Å². The Balaban J connectivity index is 1.11. The maximum absolute atomic E-state index is 14.0. The summed E-state index contributed by atoms with van der Waals surface area (Å²) in [5.41, 5.74) is 4.21. The first-order chi connectivity index (χ1) is 23.2. The van der Waals surface area contributed by atoms with Crippen LogP contribution in [-0.2, 0) is 14.3 Å². The van der Waals surface area contributed by atoms with Gasteiger partial charge < -0.3 is 14.2 Å². The van der Waals surface area contributed by atoms with Crippen LogP contribution in [0, 0.1) is 23.1 Å². The Kier molecular flexibility index (Phi) is 9.44. The van der Waals surface area contributed by atoms with Crippen LogP contribution in [-0.4, -0.2) is 65.1 Å². The lowest BCUT2D eigenvalue weighted by atomic mass is 9.60. The molecule has 2 aromatic heterocycles. The number of esters is 1. The Hall–Kier alpha value is -3.56. The number of hydrogen-bond donors (Lipinski definition) is 0. The summed E-state index contributed by atoms with van der Waals surface area (Å²) in [6.45, 7) is 12.6. The van der Waals surface area contributed by atoms with Crippen LogP contribution in [0.4, 0.5) is 4.39 Å². The molecule has 0 bridgehead atoms. The number of ether oxygens (including phenoxy) is 3. The van der Waals surface area contributed by atoms with E-state index in [-0.39, 0.29) is 23.9 Å². The number of aromatic nitrogens is 3. The third-order valence-corrected chi connectivity index (χ3v) is 10.5. The molecule has 1 spiro atoms. The lowest BCUT2D eigenvalue weighted by Crippen LogP contribution is -2.41. The normalized spacial score (nSPS) is 23.1. The van der Waals surface area contributed by atoms with Crippen LogP contribution in [0.2, 0.25) is 0 Å². The van der Waals surface area contributed by atoms with Gasteiger partial charge in [0.2, 0.25) is 5.88 Å². The molecular weight excluding hydrogens is 607 g/mol. The average Bonchev–Trinajstić information content (AvgIpc) is 3.67. The molecular formula is C39H49FN4O4. The fourth-order valence-electron chi connectivity index (χ4n) is 8.11. The zero-order valence-corrected chi connectivity index (χ0v) is 28.8. The van der Waals surface area contributed by atoms with Crippen LogP contribution in [0.3, 0.4) is 0 Å². The van der Waals surface area contributed by atoms with Crippen LogP contribution >= 0.6 is 0 Å². The monoisotopic (exact) mass is 656 g/mol. The van der Waals surface area contributed by atoms with Gasteiger partial charge in [0, 0.05) is 29.5 Å². The van der Waals surface area contributed by atoms with Gasteiger partial charge in [-0.3, -0.25) is 9.69 Å². The third kappa shape index (κ3) is 6.81. The van der Waals surface area contributed by atoms with Crippen LogP contribution < -0.4 is 4.74 Å². The number of halogens is 1. The van der Waals surface area contributed by atoms with Crippen LogP contribution in [0.5, 0.6) is 5.88 Å². The minimum absolute atomic E-state index is 0.0827. The van der Waals surface area contributed by atoms with E-state index in [1.165, 1.54) is 25.0 Å². The Morgan fingerprint density at radius 2 is 1.92 bits per heavy atom. The van der Waals surface area contributed by atoms with Crippen molar-refractivity contribution in [3.05, 3.63) is 54.1 Å². The first-order valence-corrected chi connectivity index (χ1v) is 17.9. The van der Waals surface area contributed by atoms with E-state index in [1.807, 2.05) is 23.0 Å². The molecule has 3 fully saturated rings. The molecule has 0 N–H and O–H groups in total. The summed E-state index contributed by atoms with van der Waals surface area (Å²) in [5, 5.41) is 7.77. The van der Waals surface area contributed by atoms with Gasteiger partial charge in [0.15, 0.2) is 6.23 Å². The van der Waals surface area contributed by atoms with Crippen molar-refractivity contribution in [3.8, 4) is 17.0 Å². The SMILES string of the molecule is CC(C)COC(=O)CN1CCC2(CC(CCOc3nc(C(C)C)c(-c4ccc(F)cc4)c4cc5cnn(C6CCCCO6)c5cc34)C2)C1. The number of likely N-dealkylation sites (tertiary alicyclic amines) is 1. The quantitative estimate of drug-likeness (QED) is 0.150. The van der Waals surface area contributed by atoms with Crippen molar-refractivity contribution < 1.29 is 23.4 Å². The molecule has 2 saturated heterocycles. The van der Waals surface area contributed by atoms with Crippen molar-refractivity contribution in [1.82, 2.24) is 19.7 Å². The Bertz CT molecular complexity index is 1760. The minimum atomic E-state index is -0.259. The molecule has 4 aromatic rings. The number of nitrogens with zero attached hydrogens (tertiary/aromatic N) is 4. The molecule has 1 unspecified atom stereocenters. The van der Waals surface area contributed by atoms with E-state index in [0.29, 0.717) is 42.9 Å². The van der Waals surface area contributed by atoms with Gasteiger partial charge in [-0.25, -0.2) is 14.1 Å². The van der Waals surface area contributed by atoms with Gasteiger partial charge in [0.25, 0.3) is 0 Å². The van der Waals surface area contributed by atoms with E-state index in [9.17, 15) is 9.18 Å². The van der Waals surface area contributed by atoms with Gasteiger partial charge in [-0.15, -0.1) is 0 Å². The van der Waals surface area contributed by atoms with Crippen molar-refractivity contribution in [2.75, 3.05) is 39.5 Å². The molecule has 2 aromatic carbocycles. The first kappa shape index (κ1) is 33.0. The Morgan fingerprint density at radius 1 is 1.10 bits per heavy atom. The summed E-state index contributed by atoms with van der Waals surface area (Å²) in [6, 6.07) is 11.1. The van der Waals surface area contributed by atoms with Crippen molar-refractivity contribution in [1.29, 1.82) is 0 Å². The van der Waals surface area contributed by atoms with Crippen LogP contribution in [0.25, 0.3) is 32.8 Å². The zero-order chi connectivity index (χ0) is 33.4. The number of benzene rings is 2. The van der Waals surface area contributed by atoms with Gasteiger partial charge in [-0.05, 0) is 110 Å². The van der Waals surface area contributed by atoms with E-state index in [2.05, 4.69) is 44.7 Å². The van der Waals surface area contributed by atoms with Crippen LogP contribution in [0.1, 0.15) is 90.5 Å². The predicted octanol–water partition coefficient (Wildman–Crippen LogP) is 8.28. The van der Waals surface area contributed by atoms with Crippen LogP contribution in [0.15, 0.2) is 42.6 Å². The summed E-state index contributed by atoms with van der Waals surface area (Å²) in [5.74, 6) is 1.36. The number of carbonyl (C=O) groups is 1. The number of fused-ring (bicyclic) bond motifs is 2. The fourth-order valence-corrected chi connectivity index (χ4v) is 8.11. The lowest BCUT2D eigenvalue weighted by Gasteiger charge is -2.45. The van der Waals surface area contributed by atoms with Crippen molar-refractivity contribution in [2.45, 2.75) is 84.8 Å². The highest BCUT2D eigenvalue weighted by atomic mass is 19.1. The second-order valence-corrected chi connectivity index (χ2v) is 15.2. The second-order valence-electron chi connectivity index (χ2n) is 15.2. The van der Waals surface area contributed by atoms with E-state index in [1.54, 1.807) is 0 Å². The summed E-state index contributed by atoms with van der Waals surface area (Å²) < 4.78 is 34.2. The highest BCUT2D eigenvalue weighted by Gasteiger charge is 2.48. The summed E-state index contributed by atoms with van der Waals surface area (Å²) >= 11 is 0. The minimum Gasteiger partial charge on any atom is -0.477 e. The molecule has 1 aliphatic carbocycles. The average molecular weight is 657 g/mol. The largest absolute Gasteiger partial charge is 0.477 e. The summed E-state index contributed by atoms with van der Waals surface area (Å²) in [6.07, 6.45) is 9.42. The second kappa shape index (κ2) is 13.7. The molecule has 9 heteroatoms. The fraction of sp³-hybridized carbons (Fsp3) is 0.564. The van der Waals surface area contributed by atoms with E-state index in [0.717, 1.165) is 90.3 Å². The smallest absolute Gasteiger partial charge is 0.320 e. The number of pyridine rings is 1. The molecule has 3 aliphatic rings. The van der Waals surface area contributed by atoms with E-state index in [4.69, 9.17) is 24.3 Å². The summed E-state index contributed by atoms with van der Waals surface area (Å²) in [7, 11) is 0. The highest BCUT2D eigenvalue weighted by Crippen LogP contribution is 2.53. The standard InChI is InChI=1S/C39H49FN4O4/c1-25(2)23-48-35(45)22-43-14-13-39(24-43)19-27(20-39)12-16-47-38-32-18-33-29(21-41-44(33)34-7-5-6-15-46-34)17-31(32)36(37(42-38)26(3)4)28-8-10-30(40)11-9-28/h8-11,17-18,21,25-27,34H,5-7,12-16,19-20,22-24H2,1-4H3. The third-order valence-electron chi connectivity index (χ3n) is 10.5. The zero-order valence-electron chi connectivity index (χ0n) is 28.8. The number of carbonyl (C=O) groups excluding carboxylic acids is 1. The van der Waals surface area contributed by atoms with Gasteiger partial charge in [-0.1, -0.05) is 39.8 Å². The molecule has 0 radical (unpaired) electrons. The molecule has 1 atom stereocenters. The molecule has 1 saturated carbocycles. The predicted molar refractivity (Wildman–Crippen MR) is 185 cm³/mol. The topological polar surface area (TPSA) is 78.7 Å². The molecule has 48 heavy (non-hydrogen) atoms. The maximum Gasteiger partial charge on any atom is 0.320 e. The van der Waals surface area contributed by atoms with Gasteiger partial charge in [0.05, 0.1) is 37.2 Å². The molecule has 256 valence electrons. The van der Waals surface area contributed by atoms with Crippen molar-refractivity contribution >= 4 is 27.6 Å². The molecule has 0 amide bonds. The lowest BCUT2D eigenvalue weighted by molar-refractivity contribution is -0.145. The molecule has 7 rings (SSSR count). The maximum atomic E-state index is 14.0. The number of rotatable bonds is 11. The first-order valence-electron chi connectivity index (χ1n) is 17.9.